The molecule has 0 aromatic carbocycles. The van der Waals surface area contributed by atoms with Crippen LogP contribution < -0.4 is 5.32 Å². The Labute approximate surface area is 80.8 Å². The summed E-state index contributed by atoms with van der Waals surface area (Å²) in [6.07, 6.45) is 1.61. The van der Waals surface area contributed by atoms with E-state index in [0.717, 1.165) is 6.42 Å². The average molecular weight is 187 g/mol. The Morgan fingerprint density at radius 1 is 1.46 bits per heavy atom. The summed E-state index contributed by atoms with van der Waals surface area (Å²) in [4.78, 5) is 10.8. The molecule has 0 heterocycles. The van der Waals surface area contributed by atoms with E-state index in [-0.39, 0.29) is 5.97 Å². The summed E-state index contributed by atoms with van der Waals surface area (Å²) in [7, 11) is 1.42. The van der Waals surface area contributed by atoms with Crippen molar-refractivity contribution in [2.45, 2.75) is 39.7 Å². The number of carbonyl (C=O) groups excluding carboxylic acids is 1. The van der Waals surface area contributed by atoms with E-state index in [1.165, 1.54) is 7.11 Å². The van der Waals surface area contributed by atoms with Gasteiger partial charge in [-0.25, -0.2) is 0 Å². The highest BCUT2D eigenvalue weighted by Gasteiger charge is 2.09. The van der Waals surface area contributed by atoms with Crippen LogP contribution in [0.3, 0.4) is 0 Å². The Hall–Kier alpha value is -0.570. The summed E-state index contributed by atoms with van der Waals surface area (Å²) in [6.45, 7) is 7.22. The second-order valence-electron chi connectivity index (χ2n) is 3.45. The quantitative estimate of drug-likeness (QED) is 0.641. The number of methoxy groups -OCH3 is 1. The summed E-state index contributed by atoms with van der Waals surface area (Å²) >= 11 is 0. The predicted octanol–water partition coefficient (Wildman–Crippen LogP) is 1.57. The first kappa shape index (κ1) is 12.4. The fourth-order valence-electron chi connectivity index (χ4n) is 1.06. The fraction of sp³-hybridized carbons (Fsp3) is 0.900. The first-order chi connectivity index (χ1) is 6.11. The highest BCUT2D eigenvalue weighted by atomic mass is 16.5. The molecule has 0 rings (SSSR count). The maximum Gasteiger partial charge on any atom is 0.306 e. The van der Waals surface area contributed by atoms with E-state index in [9.17, 15) is 4.79 Å². The molecule has 0 aliphatic carbocycles. The third kappa shape index (κ3) is 5.64. The molecular formula is C10H21NO2. The van der Waals surface area contributed by atoms with Gasteiger partial charge in [0.25, 0.3) is 0 Å². The van der Waals surface area contributed by atoms with Gasteiger partial charge in [-0.3, -0.25) is 4.79 Å². The number of nitrogens with one attached hydrogen (secondary N) is 1. The minimum atomic E-state index is -0.149. The smallest absolute Gasteiger partial charge is 0.306 e. The maximum atomic E-state index is 10.8. The summed E-state index contributed by atoms with van der Waals surface area (Å²) in [5.41, 5.74) is 0. The first-order valence-corrected chi connectivity index (χ1v) is 4.92. The van der Waals surface area contributed by atoms with E-state index >= 15 is 0 Å². The lowest BCUT2D eigenvalue weighted by atomic mass is 10.0. The standard InChI is InChI=1S/C10H21NO2/c1-5-8(2)9(3)11-7-6-10(12)13-4/h8-9,11H,5-7H2,1-4H3. The van der Waals surface area contributed by atoms with Crippen LogP contribution in [0.4, 0.5) is 0 Å². The second-order valence-corrected chi connectivity index (χ2v) is 3.45. The van der Waals surface area contributed by atoms with Crippen LogP contribution in [0.5, 0.6) is 0 Å². The van der Waals surface area contributed by atoms with Crippen molar-refractivity contribution in [3.63, 3.8) is 0 Å². The normalized spacial score (nSPS) is 15.1. The molecule has 0 aliphatic rings. The van der Waals surface area contributed by atoms with Crippen LogP contribution in [-0.2, 0) is 9.53 Å². The van der Waals surface area contributed by atoms with Crippen LogP contribution in [0.15, 0.2) is 0 Å². The van der Waals surface area contributed by atoms with E-state index in [1.54, 1.807) is 0 Å². The summed E-state index contributed by atoms with van der Waals surface area (Å²) < 4.78 is 4.54. The van der Waals surface area contributed by atoms with Crippen molar-refractivity contribution >= 4 is 5.97 Å². The largest absolute Gasteiger partial charge is 0.469 e. The van der Waals surface area contributed by atoms with Gasteiger partial charge in [0.2, 0.25) is 0 Å². The van der Waals surface area contributed by atoms with E-state index in [1.807, 2.05) is 0 Å². The highest BCUT2D eigenvalue weighted by Crippen LogP contribution is 2.06. The molecule has 0 radical (unpaired) electrons. The summed E-state index contributed by atoms with van der Waals surface area (Å²) in [5.74, 6) is 0.501. The number of hydrogen-bond donors (Lipinski definition) is 1. The van der Waals surface area contributed by atoms with Gasteiger partial charge in [-0.1, -0.05) is 20.3 Å². The van der Waals surface area contributed by atoms with E-state index < -0.39 is 0 Å². The van der Waals surface area contributed by atoms with Gasteiger partial charge in [-0.05, 0) is 12.8 Å². The van der Waals surface area contributed by atoms with Crippen LogP contribution in [0.2, 0.25) is 0 Å². The van der Waals surface area contributed by atoms with Crippen LogP contribution in [0.1, 0.15) is 33.6 Å². The Bertz CT molecular complexity index is 148. The zero-order valence-electron chi connectivity index (χ0n) is 9.09. The Kier molecular flexibility index (Phi) is 6.59. The van der Waals surface area contributed by atoms with Crippen molar-refractivity contribution in [1.29, 1.82) is 0 Å². The number of carbonyl (C=O) groups is 1. The minimum absolute atomic E-state index is 0.149. The minimum Gasteiger partial charge on any atom is -0.469 e. The zero-order chi connectivity index (χ0) is 10.3. The lowest BCUT2D eigenvalue weighted by Crippen LogP contribution is -2.33. The monoisotopic (exact) mass is 187 g/mol. The Morgan fingerprint density at radius 2 is 2.08 bits per heavy atom. The molecule has 0 aromatic rings. The number of rotatable bonds is 6. The topological polar surface area (TPSA) is 38.3 Å². The zero-order valence-corrected chi connectivity index (χ0v) is 9.09. The highest BCUT2D eigenvalue weighted by molar-refractivity contribution is 5.69. The van der Waals surface area contributed by atoms with Crippen molar-refractivity contribution in [2.75, 3.05) is 13.7 Å². The third-order valence-corrected chi connectivity index (χ3v) is 2.52. The molecule has 3 heteroatoms. The molecule has 0 saturated carbocycles. The molecular weight excluding hydrogens is 166 g/mol. The molecule has 0 spiro atoms. The molecule has 78 valence electrons. The summed E-state index contributed by atoms with van der Waals surface area (Å²) in [5, 5.41) is 3.30. The molecule has 1 N–H and O–H groups in total. The molecule has 0 saturated heterocycles. The van der Waals surface area contributed by atoms with E-state index in [0.29, 0.717) is 24.9 Å². The SMILES string of the molecule is CCC(C)C(C)NCCC(=O)OC. The van der Waals surface area contributed by atoms with Gasteiger partial charge < -0.3 is 10.1 Å². The average Bonchev–Trinajstić information content (AvgIpc) is 2.15. The van der Waals surface area contributed by atoms with Crippen LogP contribution in [-0.4, -0.2) is 25.7 Å². The third-order valence-electron chi connectivity index (χ3n) is 2.52. The molecule has 0 aliphatic heterocycles. The molecule has 0 amide bonds. The number of hydrogen-bond acceptors (Lipinski definition) is 3. The lowest BCUT2D eigenvalue weighted by Gasteiger charge is -2.19. The van der Waals surface area contributed by atoms with Gasteiger partial charge in [-0.15, -0.1) is 0 Å². The van der Waals surface area contributed by atoms with Crippen LogP contribution in [0, 0.1) is 5.92 Å². The van der Waals surface area contributed by atoms with Gasteiger partial charge in [0.15, 0.2) is 0 Å². The van der Waals surface area contributed by atoms with Gasteiger partial charge >= 0.3 is 5.97 Å². The fourth-order valence-corrected chi connectivity index (χ4v) is 1.06. The molecule has 2 atom stereocenters. The molecule has 0 fully saturated rings. The Morgan fingerprint density at radius 3 is 2.54 bits per heavy atom. The van der Waals surface area contributed by atoms with Crippen molar-refractivity contribution < 1.29 is 9.53 Å². The van der Waals surface area contributed by atoms with Gasteiger partial charge in [-0.2, -0.15) is 0 Å². The van der Waals surface area contributed by atoms with E-state index in [4.69, 9.17) is 0 Å². The second kappa shape index (κ2) is 6.89. The molecule has 0 bridgehead atoms. The van der Waals surface area contributed by atoms with Crippen LogP contribution in [0.25, 0.3) is 0 Å². The van der Waals surface area contributed by atoms with Crippen molar-refractivity contribution in [3.8, 4) is 0 Å². The molecule has 2 unspecified atom stereocenters. The van der Waals surface area contributed by atoms with Crippen molar-refractivity contribution in [1.82, 2.24) is 5.32 Å². The molecule has 3 nitrogen and oxygen atoms in total. The molecule has 0 aromatic heterocycles. The summed E-state index contributed by atoms with van der Waals surface area (Å²) in [6, 6.07) is 0.467. The van der Waals surface area contributed by atoms with Gasteiger partial charge in [0.1, 0.15) is 0 Å². The van der Waals surface area contributed by atoms with Gasteiger partial charge in [0, 0.05) is 12.6 Å². The lowest BCUT2D eigenvalue weighted by molar-refractivity contribution is -0.140. The van der Waals surface area contributed by atoms with Gasteiger partial charge in [0.05, 0.1) is 13.5 Å². The predicted molar refractivity (Wildman–Crippen MR) is 53.6 cm³/mol. The Balaban J connectivity index is 3.47. The van der Waals surface area contributed by atoms with Crippen molar-refractivity contribution in [3.05, 3.63) is 0 Å². The first-order valence-electron chi connectivity index (χ1n) is 4.92. The number of esters is 1. The molecule has 13 heavy (non-hydrogen) atoms. The van der Waals surface area contributed by atoms with Crippen molar-refractivity contribution in [2.24, 2.45) is 5.92 Å². The van der Waals surface area contributed by atoms with E-state index in [2.05, 4.69) is 30.8 Å². The number of ether oxygens (including phenoxy) is 1. The van der Waals surface area contributed by atoms with Crippen LogP contribution >= 0.6 is 0 Å². The maximum absolute atomic E-state index is 10.8.